The number of aromatic nitrogens is 1. The van der Waals surface area contributed by atoms with Gasteiger partial charge in [-0.25, -0.2) is 4.98 Å². The lowest BCUT2D eigenvalue weighted by atomic mass is 10.1. The van der Waals surface area contributed by atoms with Crippen molar-refractivity contribution in [3.05, 3.63) is 47.7 Å². The number of amides is 1. The number of nitrogens with one attached hydrogen (secondary N) is 1. The topological polar surface area (TPSA) is 77.2 Å². The lowest BCUT2D eigenvalue weighted by Crippen LogP contribution is -2.13. The van der Waals surface area contributed by atoms with E-state index in [9.17, 15) is 4.79 Å². The van der Waals surface area contributed by atoms with Gasteiger partial charge >= 0.3 is 0 Å². The average Bonchev–Trinajstić information content (AvgIpc) is 2.52. The summed E-state index contributed by atoms with van der Waals surface area (Å²) < 4.78 is 5.66. The maximum absolute atomic E-state index is 12.0. The summed E-state index contributed by atoms with van der Waals surface area (Å²) in [4.78, 5) is 16.1. The minimum absolute atomic E-state index is 0.0631. The van der Waals surface area contributed by atoms with Gasteiger partial charge in [0.2, 0.25) is 5.91 Å². The molecule has 0 radical (unpaired) electrons. The van der Waals surface area contributed by atoms with Crippen molar-refractivity contribution in [1.29, 1.82) is 0 Å². The molecule has 1 heterocycles. The van der Waals surface area contributed by atoms with Gasteiger partial charge in [-0.1, -0.05) is 19.9 Å². The molecule has 0 aliphatic heterocycles. The fourth-order valence-corrected chi connectivity index (χ4v) is 2.21. The van der Waals surface area contributed by atoms with Gasteiger partial charge in [-0.2, -0.15) is 0 Å². The predicted molar refractivity (Wildman–Crippen MR) is 97.1 cm³/mol. The van der Waals surface area contributed by atoms with Gasteiger partial charge in [-0.3, -0.25) is 4.79 Å². The number of anilines is 2. The Morgan fingerprint density at radius 2 is 2.08 bits per heavy atom. The highest BCUT2D eigenvalue weighted by Gasteiger charge is 2.07. The quantitative estimate of drug-likeness (QED) is 0.762. The van der Waals surface area contributed by atoms with Crippen LogP contribution >= 0.6 is 0 Å². The van der Waals surface area contributed by atoms with Crippen molar-refractivity contribution >= 4 is 17.4 Å². The van der Waals surface area contributed by atoms with Crippen LogP contribution in [0.25, 0.3) is 0 Å². The molecule has 3 N–H and O–H groups in total. The highest BCUT2D eigenvalue weighted by molar-refractivity contribution is 5.89. The first-order valence-corrected chi connectivity index (χ1v) is 8.17. The molecule has 5 heteroatoms. The second-order valence-corrected chi connectivity index (χ2v) is 6.34. The van der Waals surface area contributed by atoms with Crippen LogP contribution in [0.1, 0.15) is 31.4 Å². The number of benzene rings is 1. The highest BCUT2D eigenvalue weighted by atomic mass is 16.5. The Labute approximate surface area is 143 Å². The summed E-state index contributed by atoms with van der Waals surface area (Å²) in [7, 11) is 0. The lowest BCUT2D eigenvalue weighted by molar-refractivity contribution is -0.116. The van der Waals surface area contributed by atoms with E-state index in [1.165, 1.54) is 0 Å². The second kappa shape index (κ2) is 8.34. The van der Waals surface area contributed by atoms with Gasteiger partial charge in [0.1, 0.15) is 11.6 Å². The predicted octanol–water partition coefficient (Wildman–Crippen LogP) is 3.58. The van der Waals surface area contributed by atoms with Crippen LogP contribution in [0.15, 0.2) is 36.5 Å². The minimum Gasteiger partial charge on any atom is -0.491 e. The van der Waals surface area contributed by atoms with Crippen molar-refractivity contribution < 1.29 is 9.53 Å². The summed E-state index contributed by atoms with van der Waals surface area (Å²) in [5.74, 6) is 1.66. The molecule has 1 amide bonds. The third-order valence-electron chi connectivity index (χ3n) is 3.47. The monoisotopic (exact) mass is 327 g/mol. The fourth-order valence-electron chi connectivity index (χ4n) is 2.21. The van der Waals surface area contributed by atoms with Crippen LogP contribution in [0.4, 0.5) is 11.5 Å². The second-order valence-electron chi connectivity index (χ2n) is 6.34. The first-order chi connectivity index (χ1) is 11.4. The molecule has 2 aromatic rings. The molecule has 1 aromatic carbocycles. The molecule has 0 unspecified atom stereocenters. The van der Waals surface area contributed by atoms with Gasteiger partial charge in [-0.05, 0) is 54.7 Å². The number of ether oxygens (including phenoxy) is 1. The van der Waals surface area contributed by atoms with E-state index in [0.29, 0.717) is 42.6 Å². The molecule has 2 rings (SSSR count). The molecule has 0 aliphatic rings. The van der Waals surface area contributed by atoms with Crippen LogP contribution in [-0.2, 0) is 11.2 Å². The van der Waals surface area contributed by atoms with Crippen LogP contribution in [-0.4, -0.2) is 17.5 Å². The largest absolute Gasteiger partial charge is 0.491 e. The van der Waals surface area contributed by atoms with E-state index >= 15 is 0 Å². The number of carbonyl (C=O) groups is 1. The van der Waals surface area contributed by atoms with Gasteiger partial charge in [0.05, 0.1) is 12.3 Å². The highest BCUT2D eigenvalue weighted by Crippen LogP contribution is 2.23. The van der Waals surface area contributed by atoms with E-state index in [2.05, 4.69) is 24.1 Å². The Bertz CT molecular complexity index is 699. The summed E-state index contributed by atoms with van der Waals surface area (Å²) in [6, 6.07) is 9.42. The molecule has 0 bridgehead atoms. The molecule has 0 saturated heterocycles. The van der Waals surface area contributed by atoms with Crippen LogP contribution in [0.2, 0.25) is 0 Å². The summed E-state index contributed by atoms with van der Waals surface area (Å²) >= 11 is 0. The molecule has 0 fully saturated rings. The Kier molecular flexibility index (Phi) is 6.18. The van der Waals surface area contributed by atoms with E-state index in [0.717, 1.165) is 11.1 Å². The SMILES string of the molecule is Cc1ccnc(NC(=O)CCc2ccc(OCC(C)C)c(N)c2)c1. The zero-order valence-electron chi connectivity index (χ0n) is 14.5. The van der Waals surface area contributed by atoms with E-state index < -0.39 is 0 Å². The number of hydrogen-bond donors (Lipinski definition) is 2. The summed E-state index contributed by atoms with van der Waals surface area (Å²) in [6.07, 6.45) is 2.68. The minimum atomic E-state index is -0.0631. The standard InChI is InChI=1S/C19H25N3O2/c1-13(2)12-24-17-6-4-15(11-16(17)20)5-7-19(23)22-18-10-14(3)8-9-21-18/h4,6,8-11,13H,5,7,12,20H2,1-3H3,(H,21,22,23). The number of carbonyl (C=O) groups excluding carboxylic acids is 1. The van der Waals surface area contributed by atoms with Gasteiger partial charge in [0.25, 0.3) is 0 Å². The van der Waals surface area contributed by atoms with Crippen molar-refractivity contribution in [3.63, 3.8) is 0 Å². The summed E-state index contributed by atoms with van der Waals surface area (Å²) in [5.41, 5.74) is 8.70. The molecule has 0 saturated carbocycles. The maximum atomic E-state index is 12.0. The van der Waals surface area contributed by atoms with Crippen molar-refractivity contribution in [3.8, 4) is 5.75 Å². The Balaban J connectivity index is 1.87. The van der Waals surface area contributed by atoms with Crippen LogP contribution in [0.3, 0.4) is 0 Å². The van der Waals surface area contributed by atoms with Crippen molar-refractivity contribution in [2.45, 2.75) is 33.6 Å². The Hall–Kier alpha value is -2.56. The van der Waals surface area contributed by atoms with Gasteiger partial charge in [0.15, 0.2) is 0 Å². The third kappa shape index (κ3) is 5.57. The zero-order chi connectivity index (χ0) is 17.5. The molecule has 0 atom stereocenters. The smallest absolute Gasteiger partial charge is 0.225 e. The number of nitrogens with zero attached hydrogens (tertiary/aromatic N) is 1. The van der Waals surface area contributed by atoms with Crippen molar-refractivity contribution in [2.24, 2.45) is 5.92 Å². The average molecular weight is 327 g/mol. The Morgan fingerprint density at radius 1 is 1.29 bits per heavy atom. The van der Waals surface area contributed by atoms with Gasteiger partial charge in [0, 0.05) is 12.6 Å². The first-order valence-electron chi connectivity index (χ1n) is 8.17. The van der Waals surface area contributed by atoms with Crippen LogP contribution < -0.4 is 15.8 Å². The van der Waals surface area contributed by atoms with E-state index in [-0.39, 0.29) is 5.91 Å². The van der Waals surface area contributed by atoms with Crippen LogP contribution in [0, 0.1) is 12.8 Å². The molecule has 24 heavy (non-hydrogen) atoms. The summed E-state index contributed by atoms with van der Waals surface area (Å²) in [5, 5.41) is 2.81. The van der Waals surface area contributed by atoms with E-state index in [1.54, 1.807) is 6.20 Å². The number of nitrogen functional groups attached to an aromatic ring is 1. The molecule has 128 valence electrons. The third-order valence-corrected chi connectivity index (χ3v) is 3.47. The summed E-state index contributed by atoms with van der Waals surface area (Å²) in [6.45, 7) is 6.77. The zero-order valence-corrected chi connectivity index (χ0v) is 14.5. The number of hydrogen-bond acceptors (Lipinski definition) is 4. The van der Waals surface area contributed by atoms with E-state index in [4.69, 9.17) is 10.5 Å². The Morgan fingerprint density at radius 3 is 2.75 bits per heavy atom. The molecule has 0 spiro atoms. The first kappa shape index (κ1) is 17.8. The number of pyridine rings is 1. The van der Waals surface area contributed by atoms with Crippen LogP contribution in [0.5, 0.6) is 5.75 Å². The molecular formula is C19H25N3O2. The normalized spacial score (nSPS) is 10.7. The number of rotatable bonds is 7. The van der Waals surface area contributed by atoms with Gasteiger partial charge in [-0.15, -0.1) is 0 Å². The molecular weight excluding hydrogens is 302 g/mol. The maximum Gasteiger partial charge on any atom is 0.225 e. The lowest BCUT2D eigenvalue weighted by Gasteiger charge is -2.12. The number of aryl methyl sites for hydroxylation is 2. The van der Waals surface area contributed by atoms with E-state index in [1.807, 2.05) is 37.3 Å². The van der Waals surface area contributed by atoms with Gasteiger partial charge < -0.3 is 15.8 Å². The fraction of sp³-hybridized carbons (Fsp3) is 0.368. The van der Waals surface area contributed by atoms with Crippen molar-refractivity contribution in [2.75, 3.05) is 17.7 Å². The number of nitrogens with two attached hydrogens (primary N) is 1. The molecule has 5 nitrogen and oxygen atoms in total. The molecule has 1 aromatic heterocycles. The molecule has 0 aliphatic carbocycles. The van der Waals surface area contributed by atoms with Crippen molar-refractivity contribution in [1.82, 2.24) is 4.98 Å².